The summed E-state index contributed by atoms with van der Waals surface area (Å²) in [5, 5.41) is 2.98. The Morgan fingerprint density at radius 3 is 2.39 bits per heavy atom. The second kappa shape index (κ2) is 8.13. The Hall–Kier alpha value is -3.34. The largest absolute Gasteiger partial charge is 0.459 e. The first-order valence-corrected chi connectivity index (χ1v) is 9.50. The van der Waals surface area contributed by atoms with E-state index in [2.05, 4.69) is 17.4 Å². The number of hydrogen-bond donors (Lipinski definition) is 1. The molecule has 1 N–H and O–H groups in total. The number of nitrogens with one attached hydrogen (secondary N) is 1. The molecule has 5 nitrogen and oxygen atoms in total. The maximum atomic E-state index is 12.7. The standard InChI is InChI=1S/C23H22N2O3/c26-22(19-8-4-14-25(16-19)23(27)21-9-5-15-28-21)24-20-12-10-18(11-13-20)17-6-2-1-3-7-17/h1-3,5-7,9-13,15,19H,4,8,14,16H2,(H,24,26)/t19-/m1/s1. The summed E-state index contributed by atoms with van der Waals surface area (Å²) in [6.07, 6.45) is 3.06. The van der Waals surface area contributed by atoms with Crippen molar-refractivity contribution in [2.24, 2.45) is 5.92 Å². The maximum Gasteiger partial charge on any atom is 0.289 e. The number of amides is 2. The highest BCUT2D eigenvalue weighted by Crippen LogP contribution is 2.23. The number of benzene rings is 2. The summed E-state index contributed by atoms with van der Waals surface area (Å²) in [6.45, 7) is 1.06. The molecule has 0 bridgehead atoms. The molecule has 1 fully saturated rings. The Kier molecular flexibility index (Phi) is 5.24. The smallest absolute Gasteiger partial charge is 0.289 e. The highest BCUT2D eigenvalue weighted by molar-refractivity contribution is 5.95. The molecule has 3 aromatic rings. The minimum atomic E-state index is -0.221. The van der Waals surface area contributed by atoms with E-state index in [4.69, 9.17) is 4.42 Å². The fourth-order valence-corrected chi connectivity index (χ4v) is 3.55. The number of rotatable bonds is 4. The van der Waals surface area contributed by atoms with E-state index in [-0.39, 0.29) is 17.7 Å². The number of carbonyl (C=O) groups is 2. The first kappa shape index (κ1) is 18.0. The van der Waals surface area contributed by atoms with Gasteiger partial charge in [0.2, 0.25) is 5.91 Å². The normalized spacial score (nSPS) is 16.6. The van der Waals surface area contributed by atoms with Crippen LogP contribution in [0.2, 0.25) is 0 Å². The van der Waals surface area contributed by atoms with E-state index < -0.39 is 0 Å². The number of furan rings is 1. The third-order valence-corrected chi connectivity index (χ3v) is 5.07. The Morgan fingerprint density at radius 2 is 1.68 bits per heavy atom. The molecule has 0 unspecified atom stereocenters. The predicted octanol–water partition coefficient (Wildman–Crippen LogP) is 4.44. The fraction of sp³-hybridized carbons (Fsp3) is 0.217. The molecule has 0 radical (unpaired) electrons. The summed E-state index contributed by atoms with van der Waals surface area (Å²) in [4.78, 5) is 26.9. The van der Waals surface area contributed by atoms with Crippen molar-refractivity contribution in [1.82, 2.24) is 4.90 Å². The number of carbonyl (C=O) groups excluding carboxylic acids is 2. The zero-order valence-corrected chi connectivity index (χ0v) is 15.5. The van der Waals surface area contributed by atoms with Crippen molar-refractivity contribution < 1.29 is 14.0 Å². The second-order valence-corrected chi connectivity index (χ2v) is 7.00. The quantitative estimate of drug-likeness (QED) is 0.734. The molecule has 0 spiro atoms. The van der Waals surface area contributed by atoms with Crippen LogP contribution in [0, 0.1) is 5.92 Å². The first-order chi connectivity index (χ1) is 13.7. The summed E-state index contributed by atoms with van der Waals surface area (Å²) in [5.41, 5.74) is 3.00. The third kappa shape index (κ3) is 3.98. The molecule has 28 heavy (non-hydrogen) atoms. The van der Waals surface area contributed by atoms with Crippen molar-refractivity contribution in [3.05, 3.63) is 78.8 Å². The van der Waals surface area contributed by atoms with Crippen molar-refractivity contribution in [3.63, 3.8) is 0 Å². The molecule has 4 rings (SSSR count). The highest BCUT2D eigenvalue weighted by atomic mass is 16.3. The van der Waals surface area contributed by atoms with E-state index in [1.807, 2.05) is 42.5 Å². The molecule has 1 aromatic heterocycles. The van der Waals surface area contributed by atoms with Gasteiger partial charge in [-0.2, -0.15) is 0 Å². The topological polar surface area (TPSA) is 62.6 Å². The van der Waals surface area contributed by atoms with Crippen LogP contribution in [0.1, 0.15) is 23.4 Å². The van der Waals surface area contributed by atoms with E-state index in [1.54, 1.807) is 17.0 Å². The summed E-state index contributed by atoms with van der Waals surface area (Å²) >= 11 is 0. The Balaban J connectivity index is 1.38. The highest BCUT2D eigenvalue weighted by Gasteiger charge is 2.29. The van der Waals surface area contributed by atoms with Gasteiger partial charge in [0.25, 0.3) is 5.91 Å². The van der Waals surface area contributed by atoms with Gasteiger partial charge in [0.15, 0.2) is 5.76 Å². The number of likely N-dealkylation sites (tertiary alicyclic amines) is 1. The Morgan fingerprint density at radius 1 is 0.929 bits per heavy atom. The van der Waals surface area contributed by atoms with Crippen molar-refractivity contribution in [3.8, 4) is 11.1 Å². The van der Waals surface area contributed by atoms with E-state index in [0.29, 0.717) is 18.8 Å². The monoisotopic (exact) mass is 374 g/mol. The van der Waals surface area contributed by atoms with Crippen LogP contribution in [0.15, 0.2) is 77.4 Å². The van der Waals surface area contributed by atoms with Crippen molar-refractivity contribution in [1.29, 1.82) is 0 Å². The minimum Gasteiger partial charge on any atom is -0.459 e. The number of hydrogen-bond acceptors (Lipinski definition) is 3. The third-order valence-electron chi connectivity index (χ3n) is 5.07. The molecule has 0 saturated carbocycles. The summed E-state index contributed by atoms with van der Waals surface area (Å²) in [5.74, 6) is -0.113. The van der Waals surface area contributed by atoms with Gasteiger partial charge in [-0.3, -0.25) is 9.59 Å². The van der Waals surface area contributed by atoms with Crippen molar-refractivity contribution >= 4 is 17.5 Å². The lowest BCUT2D eigenvalue weighted by atomic mass is 9.96. The van der Waals surface area contributed by atoms with Gasteiger partial charge in [-0.05, 0) is 48.2 Å². The van der Waals surface area contributed by atoms with Gasteiger partial charge >= 0.3 is 0 Å². The molecule has 0 aliphatic carbocycles. The van der Waals surface area contributed by atoms with Crippen LogP contribution in [0.3, 0.4) is 0 Å². The van der Waals surface area contributed by atoms with Crippen LogP contribution in [-0.4, -0.2) is 29.8 Å². The number of anilines is 1. The van der Waals surface area contributed by atoms with E-state index >= 15 is 0 Å². The molecule has 2 heterocycles. The lowest BCUT2D eigenvalue weighted by molar-refractivity contribution is -0.121. The maximum absolute atomic E-state index is 12.7. The van der Waals surface area contributed by atoms with Gasteiger partial charge in [-0.15, -0.1) is 0 Å². The van der Waals surface area contributed by atoms with Crippen LogP contribution in [0.4, 0.5) is 5.69 Å². The van der Waals surface area contributed by atoms with Crippen LogP contribution < -0.4 is 5.32 Å². The van der Waals surface area contributed by atoms with Gasteiger partial charge in [0.1, 0.15) is 0 Å². The molecule has 1 saturated heterocycles. The van der Waals surface area contributed by atoms with Crippen LogP contribution in [0.25, 0.3) is 11.1 Å². The van der Waals surface area contributed by atoms with Gasteiger partial charge in [0, 0.05) is 18.8 Å². The van der Waals surface area contributed by atoms with Crippen molar-refractivity contribution in [2.45, 2.75) is 12.8 Å². The minimum absolute atomic E-state index is 0.0515. The zero-order chi connectivity index (χ0) is 19.3. The molecule has 1 atom stereocenters. The van der Waals surface area contributed by atoms with Gasteiger partial charge in [-0.1, -0.05) is 42.5 Å². The fourth-order valence-electron chi connectivity index (χ4n) is 3.55. The second-order valence-electron chi connectivity index (χ2n) is 7.00. The lowest BCUT2D eigenvalue weighted by Gasteiger charge is -2.31. The molecule has 1 aliphatic heterocycles. The Bertz CT molecular complexity index is 934. The van der Waals surface area contributed by atoms with Gasteiger partial charge in [0.05, 0.1) is 12.2 Å². The SMILES string of the molecule is O=C(Nc1ccc(-c2ccccc2)cc1)[C@@H]1CCCN(C(=O)c2ccco2)C1. The average Bonchev–Trinajstić information content (AvgIpc) is 3.29. The number of nitrogens with zero attached hydrogens (tertiary/aromatic N) is 1. The molecular weight excluding hydrogens is 352 g/mol. The number of piperidine rings is 1. The average molecular weight is 374 g/mol. The summed E-state index contributed by atoms with van der Waals surface area (Å²) in [6, 6.07) is 21.3. The molecule has 142 valence electrons. The molecule has 1 aliphatic rings. The van der Waals surface area contributed by atoms with Gasteiger partial charge in [-0.25, -0.2) is 0 Å². The lowest BCUT2D eigenvalue weighted by Crippen LogP contribution is -2.43. The van der Waals surface area contributed by atoms with E-state index in [1.165, 1.54) is 6.26 Å². The first-order valence-electron chi connectivity index (χ1n) is 9.50. The van der Waals surface area contributed by atoms with Gasteiger partial charge < -0.3 is 14.6 Å². The van der Waals surface area contributed by atoms with Crippen LogP contribution in [0.5, 0.6) is 0 Å². The Labute approximate surface area is 164 Å². The molecule has 2 amide bonds. The molecule has 2 aromatic carbocycles. The molecule has 5 heteroatoms. The summed E-state index contributed by atoms with van der Waals surface area (Å²) < 4.78 is 5.20. The van der Waals surface area contributed by atoms with E-state index in [0.717, 1.165) is 29.7 Å². The molecular formula is C23H22N2O3. The van der Waals surface area contributed by atoms with Crippen LogP contribution in [-0.2, 0) is 4.79 Å². The predicted molar refractivity (Wildman–Crippen MR) is 108 cm³/mol. The van der Waals surface area contributed by atoms with Crippen LogP contribution >= 0.6 is 0 Å². The zero-order valence-electron chi connectivity index (χ0n) is 15.5. The summed E-state index contributed by atoms with van der Waals surface area (Å²) in [7, 11) is 0. The van der Waals surface area contributed by atoms with E-state index in [9.17, 15) is 9.59 Å². The van der Waals surface area contributed by atoms with Crippen molar-refractivity contribution in [2.75, 3.05) is 18.4 Å².